The van der Waals surface area contributed by atoms with E-state index in [1.54, 1.807) is 6.92 Å². The molecule has 0 N–H and O–H groups in total. The van der Waals surface area contributed by atoms with Crippen molar-refractivity contribution < 1.29 is 9.84 Å². The Kier molecular flexibility index (Phi) is 4.78. The fraction of sp³-hybridized carbons (Fsp3) is 0.400. The van der Waals surface area contributed by atoms with E-state index in [1.165, 1.54) is 0 Å². The first-order valence-corrected chi connectivity index (χ1v) is 2.79. The number of hydrogen-bond acceptors (Lipinski definition) is 4. The van der Waals surface area contributed by atoms with Gasteiger partial charge in [-0.3, -0.25) is 0 Å². The number of rotatable bonds is 3. The average molecular weight is 144 g/mol. The predicted octanol–water partition coefficient (Wildman–Crippen LogP) is 0.285. The molecule has 0 unspecified atom stereocenters. The van der Waals surface area contributed by atoms with Gasteiger partial charge in [0, 0.05) is 0 Å². The van der Waals surface area contributed by atoms with Crippen molar-refractivity contribution in [3.63, 3.8) is 0 Å². The molecule has 0 rings (SSSR count). The van der Waals surface area contributed by atoms with Gasteiger partial charge in [-0.15, -0.1) is 0 Å². The molecule has 9 heavy (non-hydrogen) atoms. The summed E-state index contributed by atoms with van der Waals surface area (Å²) < 4.78 is 4.47. The highest BCUT2D eigenvalue weighted by molar-refractivity contribution is 7.78. The molecule has 50 valence electrons. The Hall–Kier alpha value is -0.860. The zero-order valence-electron chi connectivity index (χ0n) is 4.96. The van der Waals surface area contributed by atoms with Gasteiger partial charge in [0.1, 0.15) is 0 Å². The summed E-state index contributed by atoms with van der Waals surface area (Å²) in [6.07, 6.45) is 0.983. The SMILES string of the molecule is CCO/C([O-])=C/N=C=S. The molecule has 0 heterocycles. The molecule has 0 spiro atoms. The highest BCUT2D eigenvalue weighted by Crippen LogP contribution is 1.84. The van der Waals surface area contributed by atoms with Gasteiger partial charge >= 0.3 is 0 Å². The lowest BCUT2D eigenvalue weighted by molar-refractivity contribution is -0.356. The van der Waals surface area contributed by atoms with E-state index in [0.717, 1.165) is 6.20 Å². The zero-order valence-corrected chi connectivity index (χ0v) is 5.77. The Morgan fingerprint density at radius 2 is 2.67 bits per heavy atom. The van der Waals surface area contributed by atoms with Crippen LogP contribution in [-0.4, -0.2) is 11.8 Å². The number of aliphatic imine (C=N–C) groups is 1. The second-order valence-corrected chi connectivity index (χ2v) is 1.28. The molecule has 0 aliphatic carbocycles. The van der Waals surface area contributed by atoms with Gasteiger partial charge in [-0.1, -0.05) is 6.92 Å². The van der Waals surface area contributed by atoms with Gasteiger partial charge in [0.25, 0.3) is 0 Å². The molecule has 0 fully saturated rings. The Labute approximate surface area is 58.7 Å². The molecule has 0 radical (unpaired) electrons. The van der Waals surface area contributed by atoms with Crippen molar-refractivity contribution in [3.8, 4) is 0 Å². The van der Waals surface area contributed by atoms with Crippen molar-refractivity contribution in [1.29, 1.82) is 0 Å². The molecule has 0 aliphatic rings. The highest BCUT2D eigenvalue weighted by Gasteiger charge is 1.71. The summed E-state index contributed by atoms with van der Waals surface area (Å²) >= 11 is 4.20. The number of thiocarbonyl (C=S) groups is 1. The van der Waals surface area contributed by atoms with E-state index in [1.807, 2.05) is 5.16 Å². The maximum atomic E-state index is 10.3. The molecule has 0 aromatic rings. The van der Waals surface area contributed by atoms with Crippen molar-refractivity contribution in [1.82, 2.24) is 0 Å². The molecule has 4 heteroatoms. The molecular formula is C5H6NO2S-. The molecule has 0 atom stereocenters. The van der Waals surface area contributed by atoms with Crippen molar-refractivity contribution in [2.24, 2.45) is 4.99 Å². The van der Waals surface area contributed by atoms with Gasteiger partial charge in [-0.05, 0) is 18.8 Å². The Balaban J connectivity index is 3.68. The standard InChI is InChI=1S/C5H7NO2S/c1-2-8-5(7)3-6-4-9/h3,7H,2H2,1H3/p-1/b5-3+. The van der Waals surface area contributed by atoms with Crippen LogP contribution in [0.25, 0.3) is 0 Å². The quantitative estimate of drug-likeness (QED) is 0.325. The van der Waals surface area contributed by atoms with E-state index < -0.39 is 5.95 Å². The lowest BCUT2D eigenvalue weighted by Gasteiger charge is -2.09. The third kappa shape index (κ3) is 5.00. The highest BCUT2D eigenvalue weighted by atomic mass is 32.1. The molecule has 0 amide bonds. The molecule has 0 aliphatic heterocycles. The van der Waals surface area contributed by atoms with Crippen molar-refractivity contribution in [3.05, 3.63) is 12.1 Å². The Bertz CT molecular complexity index is 149. The van der Waals surface area contributed by atoms with Crippen LogP contribution in [0.3, 0.4) is 0 Å². The largest absolute Gasteiger partial charge is 0.612 e. The first kappa shape index (κ1) is 8.14. The van der Waals surface area contributed by atoms with Crippen LogP contribution in [0.2, 0.25) is 0 Å². The number of hydrogen-bond donors (Lipinski definition) is 0. The summed E-state index contributed by atoms with van der Waals surface area (Å²) in [7, 11) is 0. The fourth-order valence-corrected chi connectivity index (χ4v) is 0.311. The summed E-state index contributed by atoms with van der Waals surface area (Å²) in [4.78, 5) is 3.26. The molecular weight excluding hydrogens is 138 g/mol. The first-order valence-electron chi connectivity index (χ1n) is 2.38. The van der Waals surface area contributed by atoms with E-state index >= 15 is 0 Å². The predicted molar refractivity (Wildman–Crippen MR) is 34.7 cm³/mol. The van der Waals surface area contributed by atoms with Gasteiger partial charge in [-0.2, -0.15) is 0 Å². The molecule has 0 saturated carbocycles. The van der Waals surface area contributed by atoms with Crippen molar-refractivity contribution in [2.75, 3.05) is 6.61 Å². The van der Waals surface area contributed by atoms with Crippen LogP contribution in [0.4, 0.5) is 0 Å². The monoisotopic (exact) mass is 144 g/mol. The summed E-state index contributed by atoms with van der Waals surface area (Å²) in [5.74, 6) is -0.491. The summed E-state index contributed by atoms with van der Waals surface area (Å²) in [5.41, 5.74) is 0. The van der Waals surface area contributed by atoms with Gasteiger partial charge in [0.05, 0.1) is 17.3 Å². The zero-order chi connectivity index (χ0) is 7.11. The molecule has 3 nitrogen and oxygen atoms in total. The second kappa shape index (κ2) is 5.28. The smallest absolute Gasteiger partial charge is 0.0709 e. The van der Waals surface area contributed by atoms with Crippen LogP contribution in [0.15, 0.2) is 17.1 Å². The normalized spacial score (nSPS) is 10.1. The van der Waals surface area contributed by atoms with Gasteiger partial charge < -0.3 is 9.84 Å². The van der Waals surface area contributed by atoms with Crippen LogP contribution >= 0.6 is 12.2 Å². The first-order chi connectivity index (χ1) is 4.31. The van der Waals surface area contributed by atoms with Crippen LogP contribution in [0.5, 0.6) is 0 Å². The summed E-state index contributed by atoms with van der Waals surface area (Å²) in [6.45, 7) is 2.06. The second-order valence-electron chi connectivity index (χ2n) is 1.10. The van der Waals surface area contributed by atoms with E-state index in [4.69, 9.17) is 0 Å². The van der Waals surface area contributed by atoms with Crippen LogP contribution < -0.4 is 5.11 Å². The van der Waals surface area contributed by atoms with E-state index in [0.29, 0.717) is 6.61 Å². The minimum Gasteiger partial charge on any atom is -0.612 e. The van der Waals surface area contributed by atoms with Crippen LogP contribution in [0, 0.1) is 0 Å². The number of isothiocyanates is 1. The van der Waals surface area contributed by atoms with Crippen molar-refractivity contribution >= 4 is 17.4 Å². The molecule has 0 aromatic carbocycles. The minimum absolute atomic E-state index is 0.349. The third-order valence-corrected chi connectivity index (χ3v) is 0.615. The third-order valence-electron chi connectivity index (χ3n) is 0.509. The minimum atomic E-state index is -0.491. The van der Waals surface area contributed by atoms with E-state index in [2.05, 4.69) is 21.9 Å². The van der Waals surface area contributed by atoms with Crippen LogP contribution in [0.1, 0.15) is 6.92 Å². The Morgan fingerprint density at radius 3 is 3.11 bits per heavy atom. The maximum absolute atomic E-state index is 10.3. The molecule has 0 saturated heterocycles. The average Bonchev–Trinajstić information content (AvgIpc) is 1.85. The van der Waals surface area contributed by atoms with Crippen LogP contribution in [-0.2, 0) is 4.74 Å². The molecule has 0 aromatic heterocycles. The van der Waals surface area contributed by atoms with E-state index in [9.17, 15) is 5.11 Å². The van der Waals surface area contributed by atoms with Gasteiger partial charge in [0.2, 0.25) is 0 Å². The van der Waals surface area contributed by atoms with Gasteiger partial charge in [-0.25, -0.2) is 4.99 Å². The Morgan fingerprint density at radius 1 is 2.00 bits per heavy atom. The van der Waals surface area contributed by atoms with Crippen molar-refractivity contribution in [2.45, 2.75) is 6.92 Å². The maximum Gasteiger partial charge on any atom is 0.0709 e. The number of nitrogens with zero attached hydrogens (tertiary/aromatic N) is 1. The summed E-state index contributed by atoms with van der Waals surface area (Å²) in [5, 5.41) is 12.4. The topological polar surface area (TPSA) is 44.6 Å². The lowest BCUT2D eigenvalue weighted by atomic mass is 10.8. The fourth-order valence-electron chi connectivity index (χ4n) is 0.259. The molecule has 0 bridgehead atoms. The van der Waals surface area contributed by atoms with E-state index in [-0.39, 0.29) is 0 Å². The number of ether oxygens (including phenoxy) is 1. The summed E-state index contributed by atoms with van der Waals surface area (Å²) in [6, 6.07) is 0. The lowest BCUT2D eigenvalue weighted by Crippen LogP contribution is -2.06. The van der Waals surface area contributed by atoms with Gasteiger partial charge in [0.15, 0.2) is 0 Å².